The van der Waals surface area contributed by atoms with Gasteiger partial charge < -0.3 is 10.2 Å². The Kier molecular flexibility index (Phi) is 3.49. The molecule has 0 saturated heterocycles. The first kappa shape index (κ1) is 9.95. The molecule has 1 unspecified atom stereocenters. The van der Waals surface area contributed by atoms with Crippen LogP contribution in [0.5, 0.6) is 0 Å². The van der Waals surface area contributed by atoms with Gasteiger partial charge in [0.1, 0.15) is 6.10 Å². The minimum atomic E-state index is -0.778. The second-order valence-corrected chi connectivity index (χ2v) is 3.99. The lowest BCUT2D eigenvalue weighted by Crippen LogP contribution is -2.13. The Hall–Kier alpha value is -0.130. The Morgan fingerprint density at radius 1 is 1.33 bits per heavy atom. The van der Waals surface area contributed by atoms with Gasteiger partial charge in [-0.15, -0.1) is 0 Å². The third kappa shape index (κ3) is 2.43. The van der Waals surface area contributed by atoms with E-state index in [0.29, 0.717) is 0 Å². The molecule has 1 rings (SSSR count). The summed E-state index contributed by atoms with van der Waals surface area (Å²) in [5.74, 6) is 0. The Balaban J connectivity index is 2.88. The zero-order valence-electron chi connectivity index (χ0n) is 6.74. The fraction of sp³-hybridized carbons (Fsp3) is 0.333. The first-order valence-electron chi connectivity index (χ1n) is 3.73. The maximum atomic E-state index is 9.47. The molecule has 2 nitrogen and oxygen atoms in total. The van der Waals surface area contributed by atoms with Crippen LogP contribution < -0.4 is 0 Å². The predicted molar refractivity (Wildman–Crippen MR) is 55.8 cm³/mol. The van der Waals surface area contributed by atoms with Crippen LogP contribution in [0.15, 0.2) is 24.3 Å². The van der Waals surface area contributed by atoms with E-state index in [1.165, 1.54) is 0 Å². The largest absolute Gasteiger partial charge is 0.390 e. The van der Waals surface area contributed by atoms with Gasteiger partial charge in [0, 0.05) is 3.57 Å². The first-order valence-corrected chi connectivity index (χ1v) is 4.80. The van der Waals surface area contributed by atoms with Gasteiger partial charge in [-0.3, -0.25) is 0 Å². The van der Waals surface area contributed by atoms with E-state index in [9.17, 15) is 5.11 Å². The minimum absolute atomic E-state index is 0.719. The van der Waals surface area contributed by atoms with Gasteiger partial charge in [-0.25, -0.2) is 0 Å². The highest BCUT2D eigenvalue weighted by Crippen LogP contribution is 2.18. The maximum Gasteiger partial charge on any atom is 0.105 e. The van der Waals surface area contributed by atoms with Crippen molar-refractivity contribution in [1.29, 1.82) is 0 Å². The molecule has 0 aliphatic heterocycles. The minimum Gasteiger partial charge on any atom is -0.390 e. The molecular formula is C9H11IO2. The summed E-state index contributed by atoms with van der Waals surface area (Å²) in [6.45, 7) is 1.57. The van der Waals surface area contributed by atoms with Crippen molar-refractivity contribution in [2.24, 2.45) is 0 Å². The molecule has 12 heavy (non-hydrogen) atoms. The number of aliphatic hydroxyl groups is 2. The standard InChI is InChI=1S/C9H11IO2/c1-6(11)9(12)7-3-2-4-8(10)5-7/h2-6,9,11-12H,1H3/t6?,9-/m0/s1. The van der Waals surface area contributed by atoms with Crippen molar-refractivity contribution in [3.8, 4) is 0 Å². The lowest BCUT2D eigenvalue weighted by atomic mass is 10.1. The van der Waals surface area contributed by atoms with Crippen LogP contribution in [0.2, 0.25) is 0 Å². The van der Waals surface area contributed by atoms with Crippen molar-refractivity contribution in [3.05, 3.63) is 33.4 Å². The summed E-state index contributed by atoms with van der Waals surface area (Å²) in [5, 5.41) is 18.6. The van der Waals surface area contributed by atoms with Crippen molar-refractivity contribution in [2.75, 3.05) is 0 Å². The zero-order valence-corrected chi connectivity index (χ0v) is 8.89. The van der Waals surface area contributed by atoms with Crippen LogP contribution >= 0.6 is 22.6 Å². The third-order valence-electron chi connectivity index (χ3n) is 1.65. The van der Waals surface area contributed by atoms with Crippen LogP contribution in [-0.4, -0.2) is 16.3 Å². The summed E-state index contributed by atoms with van der Waals surface area (Å²) >= 11 is 2.17. The summed E-state index contributed by atoms with van der Waals surface area (Å²) < 4.78 is 1.06. The lowest BCUT2D eigenvalue weighted by Gasteiger charge is -2.13. The van der Waals surface area contributed by atoms with Gasteiger partial charge >= 0.3 is 0 Å². The van der Waals surface area contributed by atoms with Crippen molar-refractivity contribution in [3.63, 3.8) is 0 Å². The number of rotatable bonds is 2. The highest BCUT2D eigenvalue weighted by Gasteiger charge is 2.12. The first-order chi connectivity index (χ1) is 5.61. The Bertz CT molecular complexity index is 260. The van der Waals surface area contributed by atoms with E-state index in [-0.39, 0.29) is 0 Å². The van der Waals surface area contributed by atoms with Crippen LogP contribution in [0, 0.1) is 3.57 Å². The number of hydrogen-bond acceptors (Lipinski definition) is 2. The quantitative estimate of drug-likeness (QED) is 0.808. The second kappa shape index (κ2) is 4.20. The number of benzene rings is 1. The average molecular weight is 278 g/mol. The molecule has 0 saturated carbocycles. The third-order valence-corrected chi connectivity index (χ3v) is 2.32. The van der Waals surface area contributed by atoms with E-state index in [1.807, 2.05) is 18.2 Å². The van der Waals surface area contributed by atoms with Gasteiger partial charge in [-0.2, -0.15) is 0 Å². The summed E-state index contributed by atoms with van der Waals surface area (Å²) in [7, 11) is 0. The zero-order chi connectivity index (χ0) is 9.14. The monoisotopic (exact) mass is 278 g/mol. The van der Waals surface area contributed by atoms with Crippen LogP contribution in [-0.2, 0) is 0 Å². The second-order valence-electron chi connectivity index (χ2n) is 2.74. The molecule has 0 aromatic heterocycles. The highest BCUT2D eigenvalue weighted by atomic mass is 127. The predicted octanol–water partition coefficient (Wildman–Crippen LogP) is 1.71. The van der Waals surface area contributed by atoms with Crippen molar-refractivity contribution < 1.29 is 10.2 Å². The molecule has 66 valence electrons. The molecule has 0 spiro atoms. The SMILES string of the molecule is CC(O)[C@H](O)c1cccc(I)c1. The topological polar surface area (TPSA) is 40.5 Å². The van der Waals surface area contributed by atoms with Crippen molar-refractivity contribution in [1.82, 2.24) is 0 Å². The fourth-order valence-corrected chi connectivity index (χ4v) is 1.54. The van der Waals surface area contributed by atoms with E-state index >= 15 is 0 Å². The summed E-state index contributed by atoms with van der Waals surface area (Å²) in [4.78, 5) is 0. The van der Waals surface area contributed by atoms with Crippen molar-refractivity contribution in [2.45, 2.75) is 19.1 Å². The van der Waals surface area contributed by atoms with Gasteiger partial charge in [0.05, 0.1) is 6.10 Å². The van der Waals surface area contributed by atoms with E-state index in [2.05, 4.69) is 22.6 Å². The molecule has 1 aromatic carbocycles. The van der Waals surface area contributed by atoms with E-state index in [0.717, 1.165) is 9.13 Å². The van der Waals surface area contributed by atoms with E-state index in [4.69, 9.17) is 5.11 Å². The number of aliphatic hydroxyl groups excluding tert-OH is 2. The molecule has 0 fully saturated rings. The summed E-state index contributed by atoms with van der Waals surface area (Å²) in [6.07, 6.45) is -1.50. The van der Waals surface area contributed by atoms with Gasteiger partial charge in [0.2, 0.25) is 0 Å². The van der Waals surface area contributed by atoms with Crippen LogP contribution in [0.1, 0.15) is 18.6 Å². The van der Waals surface area contributed by atoms with Gasteiger partial charge in [-0.05, 0) is 47.2 Å². The molecule has 0 amide bonds. The molecule has 1 aromatic rings. The molecule has 0 heterocycles. The normalized spacial score (nSPS) is 15.7. The van der Waals surface area contributed by atoms with Gasteiger partial charge in [0.25, 0.3) is 0 Å². The highest BCUT2D eigenvalue weighted by molar-refractivity contribution is 14.1. The van der Waals surface area contributed by atoms with Crippen LogP contribution in [0.25, 0.3) is 0 Å². The Morgan fingerprint density at radius 2 is 2.00 bits per heavy atom. The molecule has 0 radical (unpaired) electrons. The molecule has 2 N–H and O–H groups in total. The summed E-state index contributed by atoms with van der Waals surface area (Å²) in [6, 6.07) is 7.47. The van der Waals surface area contributed by atoms with Crippen molar-refractivity contribution >= 4 is 22.6 Å². The van der Waals surface area contributed by atoms with Gasteiger partial charge in [0.15, 0.2) is 0 Å². The maximum absolute atomic E-state index is 9.47. The molecular weight excluding hydrogens is 267 g/mol. The van der Waals surface area contributed by atoms with Crippen LogP contribution in [0.3, 0.4) is 0 Å². The average Bonchev–Trinajstić information content (AvgIpc) is 2.03. The van der Waals surface area contributed by atoms with Crippen LogP contribution in [0.4, 0.5) is 0 Å². The fourth-order valence-electron chi connectivity index (χ4n) is 0.969. The number of hydrogen-bond donors (Lipinski definition) is 2. The molecule has 0 bridgehead atoms. The molecule has 3 heteroatoms. The van der Waals surface area contributed by atoms with E-state index < -0.39 is 12.2 Å². The summed E-state index contributed by atoms with van der Waals surface area (Å²) in [5.41, 5.74) is 0.761. The molecule has 0 aliphatic carbocycles. The van der Waals surface area contributed by atoms with E-state index in [1.54, 1.807) is 13.0 Å². The lowest BCUT2D eigenvalue weighted by molar-refractivity contribution is 0.0305. The smallest absolute Gasteiger partial charge is 0.105 e. The Labute approximate surface area is 85.4 Å². The Morgan fingerprint density at radius 3 is 2.50 bits per heavy atom. The van der Waals surface area contributed by atoms with Gasteiger partial charge in [-0.1, -0.05) is 12.1 Å². The molecule has 0 aliphatic rings. The number of halogens is 1. The molecule has 2 atom stereocenters.